The first-order valence-electron chi connectivity index (χ1n) is 5.93. The lowest BCUT2D eigenvalue weighted by Crippen LogP contribution is -2.07. The number of hydrogen-bond acceptors (Lipinski definition) is 3. The topological polar surface area (TPSA) is 38.7 Å². The summed E-state index contributed by atoms with van der Waals surface area (Å²) < 4.78 is 24.3. The van der Waals surface area contributed by atoms with E-state index >= 15 is 0 Å². The van der Waals surface area contributed by atoms with Crippen molar-refractivity contribution in [3.63, 3.8) is 0 Å². The molecule has 3 nitrogen and oxygen atoms in total. The number of hydrogen-bond donors (Lipinski definition) is 1. The summed E-state index contributed by atoms with van der Waals surface area (Å²) in [6.45, 7) is 0. The van der Waals surface area contributed by atoms with Crippen LogP contribution < -0.4 is 9.47 Å². The molecule has 0 spiro atoms. The van der Waals surface area contributed by atoms with Crippen LogP contribution in [0.1, 0.15) is 17.2 Å². The number of ether oxygens (including phenoxy) is 2. The minimum Gasteiger partial charge on any atom is -0.496 e. The number of rotatable bonds is 4. The third-order valence-electron chi connectivity index (χ3n) is 3.01. The molecule has 1 unspecified atom stereocenters. The molecule has 106 valence electrons. The van der Waals surface area contributed by atoms with Crippen molar-refractivity contribution in [3.05, 3.63) is 58.4 Å². The quantitative estimate of drug-likeness (QED) is 0.937. The molecule has 0 aliphatic rings. The Morgan fingerprint density at radius 2 is 1.55 bits per heavy atom. The van der Waals surface area contributed by atoms with Gasteiger partial charge in [0.15, 0.2) is 0 Å². The molecule has 1 atom stereocenters. The fourth-order valence-corrected chi connectivity index (χ4v) is 2.33. The van der Waals surface area contributed by atoms with Gasteiger partial charge in [-0.2, -0.15) is 0 Å². The van der Waals surface area contributed by atoms with Gasteiger partial charge in [-0.1, -0.05) is 23.7 Å². The van der Waals surface area contributed by atoms with E-state index in [1.807, 2.05) is 0 Å². The van der Waals surface area contributed by atoms with Crippen LogP contribution in [-0.2, 0) is 0 Å². The summed E-state index contributed by atoms with van der Waals surface area (Å²) in [6.07, 6.45) is -1.28. The van der Waals surface area contributed by atoms with E-state index in [1.165, 1.54) is 32.4 Å². The summed E-state index contributed by atoms with van der Waals surface area (Å²) in [5.41, 5.74) is 0.335. The third-order valence-corrected chi connectivity index (χ3v) is 3.34. The van der Waals surface area contributed by atoms with Crippen molar-refractivity contribution in [1.29, 1.82) is 0 Å². The third kappa shape index (κ3) is 2.57. The van der Waals surface area contributed by atoms with Crippen LogP contribution in [0.2, 0.25) is 5.02 Å². The number of halogens is 2. The lowest BCUT2D eigenvalue weighted by molar-refractivity contribution is 0.204. The highest BCUT2D eigenvalue weighted by Crippen LogP contribution is 2.40. The van der Waals surface area contributed by atoms with Gasteiger partial charge in [-0.3, -0.25) is 0 Å². The normalized spacial score (nSPS) is 12.1. The van der Waals surface area contributed by atoms with Gasteiger partial charge in [-0.15, -0.1) is 0 Å². The highest BCUT2D eigenvalue weighted by molar-refractivity contribution is 6.31. The first kappa shape index (κ1) is 14.6. The Bertz CT molecular complexity index is 574. The Balaban J connectivity index is 2.61. The number of methoxy groups -OCH3 is 2. The molecular formula is C15H14ClFO3. The Hall–Kier alpha value is -1.78. The standard InChI is InChI=1S/C15H14ClFO3/c1-19-11-7-4-8-12(20-2)14(11)15(18)13-9(16)5-3-6-10(13)17/h3-8,15,18H,1-2H3. The summed E-state index contributed by atoms with van der Waals surface area (Å²) >= 11 is 5.98. The lowest BCUT2D eigenvalue weighted by Gasteiger charge is -2.19. The van der Waals surface area contributed by atoms with Crippen molar-refractivity contribution in [2.24, 2.45) is 0 Å². The van der Waals surface area contributed by atoms with Crippen LogP contribution in [0, 0.1) is 5.82 Å². The van der Waals surface area contributed by atoms with Crippen LogP contribution in [0.5, 0.6) is 11.5 Å². The SMILES string of the molecule is COc1cccc(OC)c1C(O)c1c(F)cccc1Cl. The first-order valence-corrected chi connectivity index (χ1v) is 6.30. The van der Waals surface area contributed by atoms with E-state index in [0.29, 0.717) is 17.1 Å². The molecule has 2 aromatic carbocycles. The van der Waals surface area contributed by atoms with Crippen molar-refractivity contribution in [2.45, 2.75) is 6.10 Å². The van der Waals surface area contributed by atoms with Gasteiger partial charge in [0.1, 0.15) is 23.4 Å². The largest absolute Gasteiger partial charge is 0.496 e. The van der Waals surface area contributed by atoms with Crippen LogP contribution in [-0.4, -0.2) is 19.3 Å². The van der Waals surface area contributed by atoms with Gasteiger partial charge < -0.3 is 14.6 Å². The van der Waals surface area contributed by atoms with Crippen molar-refractivity contribution in [2.75, 3.05) is 14.2 Å². The molecule has 0 amide bonds. The summed E-state index contributed by atoms with van der Waals surface area (Å²) in [5.74, 6) is 0.213. The highest BCUT2D eigenvalue weighted by atomic mass is 35.5. The molecule has 0 aliphatic heterocycles. The molecule has 2 aromatic rings. The monoisotopic (exact) mass is 296 g/mol. The van der Waals surface area contributed by atoms with Gasteiger partial charge in [0.05, 0.1) is 19.8 Å². The summed E-state index contributed by atoms with van der Waals surface area (Å²) in [5, 5.41) is 10.6. The summed E-state index contributed by atoms with van der Waals surface area (Å²) in [4.78, 5) is 0. The molecule has 20 heavy (non-hydrogen) atoms. The van der Waals surface area contributed by atoms with Gasteiger partial charge in [0.25, 0.3) is 0 Å². The van der Waals surface area contributed by atoms with Crippen molar-refractivity contribution in [3.8, 4) is 11.5 Å². The van der Waals surface area contributed by atoms with E-state index in [1.54, 1.807) is 18.2 Å². The van der Waals surface area contributed by atoms with E-state index in [0.717, 1.165) is 0 Å². The predicted molar refractivity (Wildman–Crippen MR) is 75.0 cm³/mol. The first-order chi connectivity index (χ1) is 9.60. The molecule has 5 heteroatoms. The molecule has 1 N–H and O–H groups in total. The smallest absolute Gasteiger partial charge is 0.130 e. The summed E-state index contributed by atoms with van der Waals surface area (Å²) in [7, 11) is 2.93. The van der Waals surface area contributed by atoms with Crippen LogP contribution in [0.4, 0.5) is 4.39 Å². The lowest BCUT2D eigenvalue weighted by atomic mass is 9.99. The molecule has 0 heterocycles. The van der Waals surface area contributed by atoms with E-state index < -0.39 is 11.9 Å². The Labute approximate surface area is 121 Å². The van der Waals surface area contributed by atoms with Crippen LogP contribution in [0.3, 0.4) is 0 Å². The maximum Gasteiger partial charge on any atom is 0.130 e. The van der Waals surface area contributed by atoms with Crippen molar-refractivity contribution in [1.82, 2.24) is 0 Å². The molecule has 0 aromatic heterocycles. The maximum atomic E-state index is 13.9. The molecule has 0 bridgehead atoms. The van der Waals surface area contributed by atoms with E-state index in [-0.39, 0.29) is 10.6 Å². The molecule has 0 saturated carbocycles. The number of aliphatic hydroxyl groups is 1. The number of aliphatic hydroxyl groups excluding tert-OH is 1. The van der Waals surface area contributed by atoms with E-state index in [2.05, 4.69) is 0 Å². The van der Waals surface area contributed by atoms with E-state index in [9.17, 15) is 9.50 Å². The fraction of sp³-hybridized carbons (Fsp3) is 0.200. The van der Waals surface area contributed by atoms with Crippen molar-refractivity contribution >= 4 is 11.6 Å². The van der Waals surface area contributed by atoms with Crippen LogP contribution in [0.25, 0.3) is 0 Å². The van der Waals surface area contributed by atoms with Gasteiger partial charge >= 0.3 is 0 Å². The molecule has 0 radical (unpaired) electrons. The molecule has 2 rings (SSSR count). The highest BCUT2D eigenvalue weighted by Gasteiger charge is 2.25. The minimum atomic E-state index is -1.28. The second-order valence-electron chi connectivity index (χ2n) is 4.11. The molecular weight excluding hydrogens is 283 g/mol. The van der Waals surface area contributed by atoms with Crippen LogP contribution >= 0.6 is 11.6 Å². The molecule has 0 saturated heterocycles. The van der Waals surface area contributed by atoms with Gasteiger partial charge in [0, 0.05) is 10.6 Å². The van der Waals surface area contributed by atoms with Crippen molar-refractivity contribution < 1.29 is 19.0 Å². The fourth-order valence-electron chi connectivity index (χ4n) is 2.07. The number of benzene rings is 2. The molecule has 0 aliphatic carbocycles. The minimum absolute atomic E-state index is 0.00281. The second kappa shape index (κ2) is 6.11. The Morgan fingerprint density at radius 3 is 2.05 bits per heavy atom. The van der Waals surface area contributed by atoms with E-state index in [4.69, 9.17) is 21.1 Å². The Kier molecular flexibility index (Phi) is 4.47. The zero-order chi connectivity index (χ0) is 14.7. The average molecular weight is 297 g/mol. The summed E-state index contributed by atoms with van der Waals surface area (Å²) in [6, 6.07) is 9.28. The van der Waals surface area contributed by atoms with Gasteiger partial charge in [-0.05, 0) is 24.3 Å². The maximum absolute atomic E-state index is 13.9. The van der Waals surface area contributed by atoms with Gasteiger partial charge in [0.2, 0.25) is 0 Å². The Morgan fingerprint density at radius 1 is 1.00 bits per heavy atom. The zero-order valence-electron chi connectivity index (χ0n) is 11.1. The average Bonchev–Trinajstić information content (AvgIpc) is 2.45. The predicted octanol–water partition coefficient (Wildman–Crippen LogP) is 3.58. The molecule has 0 fully saturated rings. The van der Waals surface area contributed by atoms with Gasteiger partial charge in [-0.25, -0.2) is 4.39 Å². The zero-order valence-corrected chi connectivity index (χ0v) is 11.8. The van der Waals surface area contributed by atoms with Crippen LogP contribution in [0.15, 0.2) is 36.4 Å². The second-order valence-corrected chi connectivity index (χ2v) is 4.52.